The minimum atomic E-state index is 0.265. The molecule has 1 atom stereocenters. The van der Waals surface area contributed by atoms with E-state index >= 15 is 0 Å². The SMILES string of the molecule is CC(C)[C@@H](CO)NC1CCSCC1. The Balaban J connectivity index is 2.27. The van der Waals surface area contributed by atoms with Gasteiger partial charge in [0.2, 0.25) is 0 Å². The number of nitrogens with one attached hydrogen (secondary N) is 1. The molecule has 0 aliphatic carbocycles. The van der Waals surface area contributed by atoms with E-state index in [9.17, 15) is 0 Å². The molecule has 0 aromatic rings. The number of rotatable bonds is 4. The van der Waals surface area contributed by atoms with Crippen LogP contribution in [0.1, 0.15) is 26.7 Å². The predicted octanol–water partition coefficient (Wildman–Crippen LogP) is 1.49. The van der Waals surface area contributed by atoms with Gasteiger partial charge in [-0.3, -0.25) is 0 Å². The van der Waals surface area contributed by atoms with Crippen molar-refractivity contribution in [2.45, 2.75) is 38.8 Å². The van der Waals surface area contributed by atoms with Crippen molar-refractivity contribution in [2.75, 3.05) is 18.1 Å². The second kappa shape index (κ2) is 5.89. The molecule has 0 aromatic carbocycles. The summed E-state index contributed by atoms with van der Waals surface area (Å²) in [6.07, 6.45) is 2.52. The first-order valence-corrected chi connectivity index (χ1v) is 6.34. The van der Waals surface area contributed by atoms with Crippen molar-refractivity contribution < 1.29 is 5.11 Å². The summed E-state index contributed by atoms with van der Waals surface area (Å²) in [5, 5.41) is 12.7. The van der Waals surface area contributed by atoms with E-state index in [1.807, 2.05) is 11.8 Å². The molecule has 1 saturated heterocycles. The zero-order valence-corrected chi connectivity index (χ0v) is 9.44. The summed E-state index contributed by atoms with van der Waals surface area (Å²) in [6, 6.07) is 0.925. The van der Waals surface area contributed by atoms with E-state index in [0.29, 0.717) is 12.0 Å². The van der Waals surface area contributed by atoms with Gasteiger partial charge in [-0.2, -0.15) is 11.8 Å². The Hall–Kier alpha value is 0.270. The minimum absolute atomic E-state index is 0.265. The maximum absolute atomic E-state index is 9.16. The molecule has 0 bridgehead atoms. The van der Waals surface area contributed by atoms with Gasteiger partial charge in [-0.25, -0.2) is 0 Å². The van der Waals surface area contributed by atoms with Gasteiger partial charge in [0.15, 0.2) is 0 Å². The topological polar surface area (TPSA) is 32.3 Å². The van der Waals surface area contributed by atoms with Gasteiger partial charge in [-0.15, -0.1) is 0 Å². The quantitative estimate of drug-likeness (QED) is 0.726. The molecule has 1 rings (SSSR count). The van der Waals surface area contributed by atoms with E-state index < -0.39 is 0 Å². The maximum atomic E-state index is 9.16. The molecule has 1 aliphatic rings. The Morgan fingerprint density at radius 2 is 2.00 bits per heavy atom. The van der Waals surface area contributed by atoms with Crippen molar-refractivity contribution in [3.8, 4) is 0 Å². The van der Waals surface area contributed by atoms with Gasteiger partial charge in [0.1, 0.15) is 0 Å². The molecule has 13 heavy (non-hydrogen) atoms. The first kappa shape index (κ1) is 11.3. The third-order valence-electron chi connectivity index (χ3n) is 2.67. The van der Waals surface area contributed by atoms with E-state index in [1.54, 1.807) is 0 Å². The number of hydrogen-bond donors (Lipinski definition) is 2. The highest BCUT2D eigenvalue weighted by molar-refractivity contribution is 7.99. The summed E-state index contributed by atoms with van der Waals surface area (Å²) >= 11 is 2.04. The first-order chi connectivity index (χ1) is 6.24. The van der Waals surface area contributed by atoms with Crippen LogP contribution < -0.4 is 5.32 Å². The van der Waals surface area contributed by atoms with E-state index in [4.69, 9.17) is 5.11 Å². The zero-order chi connectivity index (χ0) is 9.68. The van der Waals surface area contributed by atoms with Gasteiger partial charge in [0, 0.05) is 12.1 Å². The third-order valence-corrected chi connectivity index (χ3v) is 3.72. The summed E-state index contributed by atoms with van der Waals surface area (Å²) in [5.41, 5.74) is 0. The standard InChI is InChI=1S/C10H21NOS/c1-8(2)10(7-12)11-9-3-5-13-6-4-9/h8-12H,3-7H2,1-2H3/t10-/m1/s1. The smallest absolute Gasteiger partial charge is 0.0587 e. The van der Waals surface area contributed by atoms with E-state index in [0.717, 1.165) is 0 Å². The normalized spacial score (nSPS) is 22.2. The molecule has 0 radical (unpaired) electrons. The fourth-order valence-corrected chi connectivity index (χ4v) is 2.73. The highest BCUT2D eigenvalue weighted by atomic mass is 32.2. The Bertz CT molecular complexity index is 135. The Morgan fingerprint density at radius 3 is 2.46 bits per heavy atom. The van der Waals surface area contributed by atoms with Gasteiger partial charge in [-0.05, 0) is 30.3 Å². The number of hydrogen-bond acceptors (Lipinski definition) is 3. The van der Waals surface area contributed by atoms with Crippen molar-refractivity contribution in [1.82, 2.24) is 5.32 Å². The average Bonchev–Trinajstić information content (AvgIpc) is 2.15. The van der Waals surface area contributed by atoms with Gasteiger partial charge >= 0.3 is 0 Å². The van der Waals surface area contributed by atoms with Crippen LogP contribution in [-0.4, -0.2) is 35.3 Å². The van der Waals surface area contributed by atoms with E-state index in [1.165, 1.54) is 24.3 Å². The van der Waals surface area contributed by atoms with Crippen molar-refractivity contribution in [3.05, 3.63) is 0 Å². The van der Waals surface area contributed by atoms with Crippen LogP contribution in [0.2, 0.25) is 0 Å². The Morgan fingerprint density at radius 1 is 1.38 bits per heavy atom. The highest BCUT2D eigenvalue weighted by Crippen LogP contribution is 2.18. The Kier molecular flexibility index (Phi) is 5.14. The lowest BCUT2D eigenvalue weighted by molar-refractivity contribution is 0.196. The van der Waals surface area contributed by atoms with Crippen LogP contribution in [0, 0.1) is 5.92 Å². The summed E-state index contributed by atoms with van der Waals surface area (Å²) in [4.78, 5) is 0. The number of aliphatic hydroxyl groups is 1. The summed E-state index contributed by atoms with van der Waals surface area (Å²) in [6.45, 7) is 4.58. The maximum Gasteiger partial charge on any atom is 0.0587 e. The average molecular weight is 203 g/mol. The molecule has 78 valence electrons. The molecular formula is C10H21NOS. The fraction of sp³-hybridized carbons (Fsp3) is 1.00. The fourth-order valence-electron chi connectivity index (χ4n) is 1.62. The molecule has 0 amide bonds. The molecule has 1 aliphatic heterocycles. The molecular weight excluding hydrogens is 182 g/mol. The van der Waals surface area contributed by atoms with E-state index in [-0.39, 0.29) is 12.6 Å². The summed E-state index contributed by atoms with van der Waals surface area (Å²) in [7, 11) is 0. The van der Waals surface area contributed by atoms with Crippen molar-refractivity contribution in [3.63, 3.8) is 0 Å². The highest BCUT2D eigenvalue weighted by Gasteiger charge is 2.19. The lowest BCUT2D eigenvalue weighted by Crippen LogP contribution is -2.45. The number of aliphatic hydroxyl groups excluding tert-OH is 1. The largest absolute Gasteiger partial charge is 0.395 e. The molecule has 0 unspecified atom stereocenters. The molecule has 0 aromatic heterocycles. The van der Waals surface area contributed by atoms with Crippen LogP contribution in [0.3, 0.4) is 0 Å². The molecule has 1 fully saturated rings. The van der Waals surface area contributed by atoms with Crippen LogP contribution in [0.25, 0.3) is 0 Å². The third kappa shape index (κ3) is 3.88. The van der Waals surface area contributed by atoms with Crippen LogP contribution in [-0.2, 0) is 0 Å². The molecule has 2 N–H and O–H groups in total. The molecule has 3 heteroatoms. The monoisotopic (exact) mass is 203 g/mol. The van der Waals surface area contributed by atoms with Crippen LogP contribution in [0.15, 0.2) is 0 Å². The molecule has 0 spiro atoms. The lowest BCUT2D eigenvalue weighted by atomic mass is 10.0. The first-order valence-electron chi connectivity index (χ1n) is 5.18. The van der Waals surface area contributed by atoms with Gasteiger partial charge in [0.25, 0.3) is 0 Å². The predicted molar refractivity (Wildman–Crippen MR) is 59.2 cm³/mol. The lowest BCUT2D eigenvalue weighted by Gasteiger charge is -2.29. The van der Waals surface area contributed by atoms with Gasteiger partial charge in [0.05, 0.1) is 6.61 Å². The number of thioether (sulfide) groups is 1. The van der Waals surface area contributed by atoms with Crippen molar-refractivity contribution >= 4 is 11.8 Å². The van der Waals surface area contributed by atoms with Gasteiger partial charge < -0.3 is 10.4 Å². The second-order valence-corrected chi connectivity index (χ2v) is 5.31. The van der Waals surface area contributed by atoms with Gasteiger partial charge in [-0.1, -0.05) is 13.8 Å². The zero-order valence-electron chi connectivity index (χ0n) is 8.62. The van der Waals surface area contributed by atoms with Crippen LogP contribution in [0.4, 0.5) is 0 Å². The summed E-state index contributed by atoms with van der Waals surface area (Å²) < 4.78 is 0. The molecule has 2 nitrogen and oxygen atoms in total. The van der Waals surface area contributed by atoms with Crippen LogP contribution >= 0.6 is 11.8 Å². The molecule has 1 heterocycles. The van der Waals surface area contributed by atoms with E-state index in [2.05, 4.69) is 19.2 Å². The van der Waals surface area contributed by atoms with Crippen molar-refractivity contribution in [1.29, 1.82) is 0 Å². The minimum Gasteiger partial charge on any atom is -0.395 e. The molecule has 0 saturated carbocycles. The Labute approximate surface area is 85.5 Å². The second-order valence-electron chi connectivity index (χ2n) is 4.09. The van der Waals surface area contributed by atoms with Crippen LogP contribution in [0.5, 0.6) is 0 Å². The summed E-state index contributed by atoms with van der Waals surface area (Å²) in [5.74, 6) is 3.07. The van der Waals surface area contributed by atoms with Crippen molar-refractivity contribution in [2.24, 2.45) is 5.92 Å².